The number of likely N-dealkylation sites (N-methyl/N-ethyl adjacent to an activating group) is 1. The Morgan fingerprint density at radius 2 is 1.84 bits per heavy atom. The number of rotatable bonds is 6. The minimum atomic E-state index is 0.442. The second-order valence-electron chi connectivity index (χ2n) is 5.18. The standard InChI is InChI=1S/C15H25N3O/c1-17-8-10-18(11-9-17)14(13-16)7-12-19-15-5-3-2-4-6-15/h2-6,14H,7-13,16H2,1H3. The topological polar surface area (TPSA) is 41.7 Å². The molecule has 106 valence electrons. The van der Waals surface area contributed by atoms with Gasteiger partial charge in [-0.1, -0.05) is 18.2 Å². The van der Waals surface area contributed by atoms with Crippen molar-refractivity contribution < 1.29 is 4.74 Å². The average molecular weight is 263 g/mol. The lowest BCUT2D eigenvalue weighted by Crippen LogP contribution is -2.51. The van der Waals surface area contributed by atoms with Gasteiger partial charge in [0, 0.05) is 38.8 Å². The van der Waals surface area contributed by atoms with E-state index in [-0.39, 0.29) is 0 Å². The molecule has 0 aromatic heterocycles. The molecule has 0 aliphatic carbocycles. The molecule has 0 bridgehead atoms. The minimum Gasteiger partial charge on any atom is -0.494 e. The van der Waals surface area contributed by atoms with E-state index in [1.165, 1.54) is 0 Å². The van der Waals surface area contributed by atoms with Gasteiger partial charge in [-0.3, -0.25) is 4.90 Å². The van der Waals surface area contributed by atoms with Crippen LogP contribution in [0.25, 0.3) is 0 Å². The van der Waals surface area contributed by atoms with Crippen LogP contribution in [0.1, 0.15) is 6.42 Å². The molecule has 4 heteroatoms. The predicted octanol–water partition coefficient (Wildman–Crippen LogP) is 1.03. The summed E-state index contributed by atoms with van der Waals surface area (Å²) in [4.78, 5) is 4.86. The van der Waals surface area contributed by atoms with Crippen LogP contribution >= 0.6 is 0 Å². The van der Waals surface area contributed by atoms with E-state index in [0.29, 0.717) is 12.6 Å². The van der Waals surface area contributed by atoms with Crippen LogP contribution < -0.4 is 10.5 Å². The molecule has 1 unspecified atom stereocenters. The number of nitrogens with two attached hydrogens (primary N) is 1. The second kappa shape index (κ2) is 7.48. The van der Waals surface area contributed by atoms with Crippen LogP contribution in [-0.2, 0) is 0 Å². The highest BCUT2D eigenvalue weighted by molar-refractivity contribution is 5.20. The zero-order valence-corrected chi connectivity index (χ0v) is 11.8. The van der Waals surface area contributed by atoms with Crippen molar-refractivity contribution in [1.82, 2.24) is 9.80 Å². The zero-order valence-electron chi connectivity index (χ0n) is 11.8. The summed E-state index contributed by atoms with van der Waals surface area (Å²) < 4.78 is 5.76. The third kappa shape index (κ3) is 4.49. The highest BCUT2D eigenvalue weighted by atomic mass is 16.5. The summed E-state index contributed by atoms with van der Waals surface area (Å²) in [6.45, 7) is 5.94. The lowest BCUT2D eigenvalue weighted by molar-refractivity contribution is 0.101. The normalized spacial score (nSPS) is 19.3. The van der Waals surface area contributed by atoms with Gasteiger partial charge in [0.2, 0.25) is 0 Å². The van der Waals surface area contributed by atoms with E-state index in [1.807, 2.05) is 30.3 Å². The summed E-state index contributed by atoms with van der Waals surface area (Å²) in [7, 11) is 2.17. The van der Waals surface area contributed by atoms with Gasteiger partial charge in [-0.05, 0) is 25.6 Å². The Balaban J connectivity index is 1.73. The van der Waals surface area contributed by atoms with Gasteiger partial charge >= 0.3 is 0 Å². The quantitative estimate of drug-likeness (QED) is 0.832. The Labute approximate surface area is 116 Å². The van der Waals surface area contributed by atoms with Crippen LogP contribution in [0.3, 0.4) is 0 Å². The van der Waals surface area contributed by atoms with Gasteiger partial charge in [-0.15, -0.1) is 0 Å². The van der Waals surface area contributed by atoms with Crippen LogP contribution in [0.4, 0.5) is 0 Å². The molecule has 19 heavy (non-hydrogen) atoms. The van der Waals surface area contributed by atoms with E-state index in [2.05, 4.69) is 16.8 Å². The van der Waals surface area contributed by atoms with Gasteiger partial charge < -0.3 is 15.4 Å². The minimum absolute atomic E-state index is 0.442. The van der Waals surface area contributed by atoms with Crippen LogP contribution in [0.5, 0.6) is 5.75 Å². The molecule has 0 saturated carbocycles. The SMILES string of the molecule is CN1CCN(C(CN)CCOc2ccccc2)CC1. The van der Waals surface area contributed by atoms with Gasteiger partial charge in [0.15, 0.2) is 0 Å². The van der Waals surface area contributed by atoms with E-state index in [9.17, 15) is 0 Å². The number of benzene rings is 1. The van der Waals surface area contributed by atoms with Crippen molar-refractivity contribution in [3.63, 3.8) is 0 Å². The number of ether oxygens (including phenoxy) is 1. The Hall–Kier alpha value is -1.10. The molecule has 0 amide bonds. The largest absolute Gasteiger partial charge is 0.494 e. The predicted molar refractivity (Wildman–Crippen MR) is 78.5 cm³/mol. The Kier molecular flexibility index (Phi) is 5.63. The monoisotopic (exact) mass is 263 g/mol. The molecule has 1 aliphatic rings. The summed E-state index contributed by atoms with van der Waals surface area (Å²) in [5, 5.41) is 0. The zero-order chi connectivity index (χ0) is 13.5. The molecule has 2 rings (SSSR count). The first-order valence-corrected chi connectivity index (χ1v) is 7.10. The van der Waals surface area contributed by atoms with Crippen molar-refractivity contribution >= 4 is 0 Å². The number of nitrogens with zero attached hydrogens (tertiary/aromatic N) is 2. The molecular formula is C15H25N3O. The van der Waals surface area contributed by atoms with Crippen molar-refractivity contribution in [3.8, 4) is 5.75 Å². The highest BCUT2D eigenvalue weighted by Gasteiger charge is 2.21. The molecule has 1 fully saturated rings. The first kappa shape index (κ1) is 14.3. The summed E-state index contributed by atoms with van der Waals surface area (Å²) in [6.07, 6.45) is 0.995. The lowest BCUT2D eigenvalue weighted by Gasteiger charge is -2.37. The van der Waals surface area contributed by atoms with Crippen LogP contribution in [0.15, 0.2) is 30.3 Å². The number of hydrogen-bond acceptors (Lipinski definition) is 4. The summed E-state index contributed by atoms with van der Waals surface area (Å²) in [6, 6.07) is 10.4. The Bertz CT molecular complexity index is 350. The van der Waals surface area contributed by atoms with E-state index in [0.717, 1.165) is 45.0 Å². The highest BCUT2D eigenvalue weighted by Crippen LogP contribution is 2.11. The van der Waals surface area contributed by atoms with Gasteiger partial charge in [0.25, 0.3) is 0 Å². The number of piperazine rings is 1. The molecule has 0 radical (unpaired) electrons. The van der Waals surface area contributed by atoms with Gasteiger partial charge in [-0.2, -0.15) is 0 Å². The molecule has 1 aromatic carbocycles. The van der Waals surface area contributed by atoms with E-state index in [4.69, 9.17) is 10.5 Å². The molecule has 0 spiro atoms. The van der Waals surface area contributed by atoms with E-state index in [1.54, 1.807) is 0 Å². The average Bonchev–Trinajstić information content (AvgIpc) is 2.46. The maximum atomic E-state index is 5.91. The van der Waals surface area contributed by atoms with E-state index < -0.39 is 0 Å². The maximum Gasteiger partial charge on any atom is 0.119 e. The molecular weight excluding hydrogens is 238 g/mol. The molecule has 1 aliphatic heterocycles. The molecule has 1 heterocycles. The van der Waals surface area contributed by atoms with Crippen molar-refractivity contribution in [2.75, 3.05) is 46.4 Å². The fraction of sp³-hybridized carbons (Fsp3) is 0.600. The summed E-state index contributed by atoms with van der Waals surface area (Å²) in [5.74, 6) is 0.941. The van der Waals surface area contributed by atoms with Crippen LogP contribution in [-0.4, -0.2) is 62.2 Å². The molecule has 1 aromatic rings. The molecule has 1 saturated heterocycles. The fourth-order valence-electron chi connectivity index (χ4n) is 2.47. The van der Waals surface area contributed by atoms with Crippen LogP contribution in [0, 0.1) is 0 Å². The molecule has 1 atom stereocenters. The molecule has 2 N–H and O–H groups in total. The summed E-state index contributed by atoms with van der Waals surface area (Å²) >= 11 is 0. The maximum absolute atomic E-state index is 5.91. The second-order valence-corrected chi connectivity index (χ2v) is 5.18. The number of para-hydroxylation sites is 1. The van der Waals surface area contributed by atoms with Crippen LogP contribution in [0.2, 0.25) is 0 Å². The first-order valence-electron chi connectivity index (χ1n) is 7.10. The van der Waals surface area contributed by atoms with Gasteiger partial charge in [0.05, 0.1) is 6.61 Å². The van der Waals surface area contributed by atoms with Gasteiger partial charge in [0.1, 0.15) is 5.75 Å². The fourth-order valence-corrected chi connectivity index (χ4v) is 2.47. The third-order valence-electron chi connectivity index (χ3n) is 3.79. The van der Waals surface area contributed by atoms with Crippen molar-refractivity contribution in [1.29, 1.82) is 0 Å². The number of hydrogen-bond donors (Lipinski definition) is 1. The summed E-state index contributed by atoms with van der Waals surface area (Å²) in [5.41, 5.74) is 5.91. The van der Waals surface area contributed by atoms with Gasteiger partial charge in [-0.25, -0.2) is 0 Å². The van der Waals surface area contributed by atoms with Crippen molar-refractivity contribution in [2.24, 2.45) is 5.73 Å². The van der Waals surface area contributed by atoms with E-state index >= 15 is 0 Å². The lowest BCUT2D eigenvalue weighted by atomic mass is 10.1. The third-order valence-corrected chi connectivity index (χ3v) is 3.79. The first-order chi connectivity index (χ1) is 9.29. The Morgan fingerprint density at radius 1 is 1.16 bits per heavy atom. The van der Waals surface area contributed by atoms with Crippen molar-refractivity contribution in [3.05, 3.63) is 30.3 Å². The molecule has 4 nitrogen and oxygen atoms in total. The Morgan fingerprint density at radius 3 is 2.47 bits per heavy atom. The smallest absolute Gasteiger partial charge is 0.119 e. The van der Waals surface area contributed by atoms with Crippen molar-refractivity contribution in [2.45, 2.75) is 12.5 Å².